The predicted molar refractivity (Wildman–Crippen MR) is 81.2 cm³/mol. The number of nitrogens with zero attached hydrogens (tertiary/aromatic N) is 2. The van der Waals surface area contributed by atoms with Gasteiger partial charge in [0.05, 0.1) is 5.69 Å². The average molecular weight is 278 g/mol. The van der Waals surface area contributed by atoms with Crippen molar-refractivity contribution < 1.29 is 5.11 Å². The lowest BCUT2D eigenvalue weighted by atomic mass is 10.2. The second kappa shape index (κ2) is 6.44. The van der Waals surface area contributed by atoms with Crippen molar-refractivity contribution in [1.82, 2.24) is 9.47 Å². The first-order chi connectivity index (χ1) is 9.58. The van der Waals surface area contributed by atoms with E-state index in [0.29, 0.717) is 12.6 Å². The van der Waals surface area contributed by atoms with E-state index in [1.807, 2.05) is 6.92 Å². The highest BCUT2D eigenvalue weighted by atomic mass is 16.3. The summed E-state index contributed by atoms with van der Waals surface area (Å²) in [5, 5.41) is 10.2. The van der Waals surface area contributed by atoms with E-state index in [2.05, 4.69) is 23.3 Å². The first-order valence-electron chi connectivity index (χ1n) is 7.74. The van der Waals surface area contributed by atoms with Crippen LogP contribution in [-0.4, -0.2) is 27.7 Å². The van der Waals surface area contributed by atoms with E-state index in [1.165, 1.54) is 0 Å². The Morgan fingerprint density at radius 2 is 2.10 bits per heavy atom. The van der Waals surface area contributed by atoms with Gasteiger partial charge in [-0.25, -0.2) is 0 Å². The fourth-order valence-corrected chi connectivity index (χ4v) is 2.73. The smallest absolute Gasteiger partial charge is 0.223 e. The third-order valence-electron chi connectivity index (χ3n) is 4.08. The zero-order valence-corrected chi connectivity index (χ0v) is 12.9. The number of unbranched alkanes of at least 4 members (excludes halogenated alkanes) is 1. The first kappa shape index (κ1) is 15.1. The van der Waals surface area contributed by atoms with E-state index < -0.39 is 0 Å². The number of aromatic hydroxyl groups is 1. The minimum atomic E-state index is -0.249. The van der Waals surface area contributed by atoms with Crippen LogP contribution in [0.4, 0.5) is 0 Å². The fourth-order valence-electron chi connectivity index (χ4n) is 2.73. The summed E-state index contributed by atoms with van der Waals surface area (Å²) in [6.07, 6.45) is 4.61. The predicted octanol–water partition coefficient (Wildman–Crippen LogP) is 2.82. The van der Waals surface area contributed by atoms with Gasteiger partial charge >= 0.3 is 0 Å². The van der Waals surface area contributed by atoms with Gasteiger partial charge < -0.3 is 9.67 Å². The molecule has 0 spiro atoms. The number of pyridine rings is 1. The van der Waals surface area contributed by atoms with Crippen molar-refractivity contribution in [2.24, 2.45) is 0 Å². The van der Waals surface area contributed by atoms with Crippen molar-refractivity contribution >= 4 is 0 Å². The van der Waals surface area contributed by atoms with E-state index >= 15 is 0 Å². The lowest BCUT2D eigenvalue weighted by Crippen LogP contribution is -2.28. The molecule has 1 N–H and O–H groups in total. The molecule has 1 aromatic rings. The maximum Gasteiger partial charge on any atom is 0.223 e. The molecule has 0 aromatic carbocycles. The fraction of sp³-hybridized carbons (Fsp3) is 0.688. The molecule has 1 fully saturated rings. The van der Waals surface area contributed by atoms with Crippen molar-refractivity contribution in [3.05, 3.63) is 27.7 Å². The maximum atomic E-state index is 11.9. The quantitative estimate of drug-likeness (QED) is 0.834. The summed E-state index contributed by atoms with van der Waals surface area (Å²) in [6, 6.07) is 2.03. The number of rotatable bonds is 7. The Labute approximate surface area is 121 Å². The van der Waals surface area contributed by atoms with Crippen LogP contribution in [0.25, 0.3) is 0 Å². The molecule has 0 radical (unpaired) electrons. The zero-order valence-electron chi connectivity index (χ0n) is 12.9. The van der Waals surface area contributed by atoms with E-state index in [0.717, 1.165) is 50.2 Å². The van der Waals surface area contributed by atoms with Crippen LogP contribution < -0.4 is 5.43 Å². The summed E-state index contributed by atoms with van der Waals surface area (Å²) in [6.45, 7) is 8.88. The second-order valence-electron chi connectivity index (χ2n) is 5.77. The van der Waals surface area contributed by atoms with Gasteiger partial charge in [-0.3, -0.25) is 9.69 Å². The molecule has 2 rings (SSSR count). The van der Waals surface area contributed by atoms with Crippen LogP contribution in [0.3, 0.4) is 0 Å². The Balaban J connectivity index is 2.31. The minimum absolute atomic E-state index is 0.0579. The van der Waals surface area contributed by atoms with Gasteiger partial charge in [-0.1, -0.05) is 20.3 Å². The molecule has 1 aliphatic carbocycles. The monoisotopic (exact) mass is 278 g/mol. The number of hydrogen-bond donors (Lipinski definition) is 1. The van der Waals surface area contributed by atoms with Gasteiger partial charge in [-0.15, -0.1) is 0 Å². The molecule has 0 atom stereocenters. The molecule has 0 saturated heterocycles. The Kier molecular flexibility index (Phi) is 4.86. The maximum absolute atomic E-state index is 11.9. The van der Waals surface area contributed by atoms with Crippen LogP contribution in [0.2, 0.25) is 0 Å². The zero-order chi connectivity index (χ0) is 14.7. The summed E-state index contributed by atoms with van der Waals surface area (Å²) in [5.74, 6) is -0.0579. The third kappa shape index (κ3) is 3.23. The lowest BCUT2D eigenvalue weighted by Gasteiger charge is -2.24. The van der Waals surface area contributed by atoms with Crippen LogP contribution in [0.5, 0.6) is 5.75 Å². The molecule has 1 aromatic heterocycles. The first-order valence-corrected chi connectivity index (χ1v) is 7.74. The summed E-state index contributed by atoms with van der Waals surface area (Å²) in [7, 11) is 0. The van der Waals surface area contributed by atoms with Gasteiger partial charge in [-0.05, 0) is 39.3 Å². The summed E-state index contributed by atoms with van der Waals surface area (Å²) in [5.41, 5.74) is 1.52. The molecule has 0 bridgehead atoms. The third-order valence-corrected chi connectivity index (χ3v) is 4.08. The van der Waals surface area contributed by atoms with Gasteiger partial charge in [-0.2, -0.15) is 0 Å². The van der Waals surface area contributed by atoms with E-state index in [-0.39, 0.29) is 11.2 Å². The molecular formula is C16H26N2O2. The summed E-state index contributed by atoms with van der Waals surface area (Å²) < 4.78 is 2.17. The molecular weight excluding hydrogens is 252 g/mol. The minimum Gasteiger partial charge on any atom is -0.503 e. The number of aromatic nitrogens is 1. The average Bonchev–Trinajstić information content (AvgIpc) is 3.24. The van der Waals surface area contributed by atoms with Crippen LogP contribution in [0, 0.1) is 6.92 Å². The van der Waals surface area contributed by atoms with Crippen molar-refractivity contribution in [3.63, 3.8) is 0 Å². The summed E-state index contributed by atoms with van der Waals surface area (Å²) >= 11 is 0. The highest BCUT2D eigenvalue weighted by Crippen LogP contribution is 2.38. The highest BCUT2D eigenvalue weighted by molar-refractivity contribution is 5.31. The summed E-state index contributed by atoms with van der Waals surface area (Å²) in [4.78, 5) is 14.2. The molecule has 0 amide bonds. The van der Waals surface area contributed by atoms with Gasteiger partial charge in [0.1, 0.15) is 0 Å². The molecule has 1 saturated carbocycles. The molecule has 4 nitrogen and oxygen atoms in total. The normalized spacial score (nSPS) is 15.0. The topological polar surface area (TPSA) is 45.5 Å². The van der Waals surface area contributed by atoms with Gasteiger partial charge in [0.2, 0.25) is 5.43 Å². The second-order valence-corrected chi connectivity index (χ2v) is 5.77. The van der Waals surface area contributed by atoms with Crippen LogP contribution in [0.1, 0.15) is 57.0 Å². The Morgan fingerprint density at radius 3 is 2.65 bits per heavy atom. The van der Waals surface area contributed by atoms with Crippen LogP contribution >= 0.6 is 0 Å². The van der Waals surface area contributed by atoms with Crippen molar-refractivity contribution in [2.75, 3.05) is 13.1 Å². The lowest BCUT2D eigenvalue weighted by molar-refractivity contribution is 0.261. The molecule has 1 aliphatic rings. The Morgan fingerprint density at radius 1 is 1.40 bits per heavy atom. The largest absolute Gasteiger partial charge is 0.503 e. The molecule has 0 aliphatic heterocycles. The van der Waals surface area contributed by atoms with Crippen molar-refractivity contribution in [1.29, 1.82) is 0 Å². The Hall–Kier alpha value is -1.29. The van der Waals surface area contributed by atoms with Gasteiger partial charge in [0.15, 0.2) is 5.75 Å². The molecule has 4 heteroatoms. The molecule has 112 valence electrons. The number of aryl methyl sites for hydroxylation is 1. The Bertz CT molecular complexity index is 518. The van der Waals surface area contributed by atoms with Crippen LogP contribution in [-0.2, 0) is 6.54 Å². The molecule has 0 unspecified atom stereocenters. The van der Waals surface area contributed by atoms with Gasteiger partial charge in [0, 0.05) is 24.3 Å². The van der Waals surface area contributed by atoms with Crippen molar-refractivity contribution in [2.45, 2.75) is 59.0 Å². The SMILES string of the molecule is CCCCN(CC)Cc1c(O)c(=O)cc(C)n1C1CC1. The van der Waals surface area contributed by atoms with Crippen LogP contribution in [0.15, 0.2) is 10.9 Å². The van der Waals surface area contributed by atoms with Crippen molar-refractivity contribution in [3.8, 4) is 5.75 Å². The highest BCUT2D eigenvalue weighted by Gasteiger charge is 2.28. The standard InChI is InChI=1S/C16H26N2O2/c1-4-6-9-17(5-2)11-14-16(20)15(19)10-12(3)18(14)13-7-8-13/h10,13,20H,4-9,11H2,1-3H3. The molecule has 1 heterocycles. The van der Waals surface area contributed by atoms with E-state index in [9.17, 15) is 9.90 Å². The molecule has 20 heavy (non-hydrogen) atoms. The van der Waals surface area contributed by atoms with E-state index in [1.54, 1.807) is 6.07 Å². The van der Waals surface area contributed by atoms with Gasteiger partial charge in [0.25, 0.3) is 0 Å². The van der Waals surface area contributed by atoms with E-state index in [4.69, 9.17) is 0 Å². The number of hydrogen-bond acceptors (Lipinski definition) is 3.